The van der Waals surface area contributed by atoms with Gasteiger partial charge in [0.05, 0.1) is 19.6 Å². The average Bonchev–Trinajstić information content (AvgIpc) is 2.67. The Labute approximate surface area is 182 Å². The van der Waals surface area contributed by atoms with Crippen LogP contribution < -0.4 is 15.4 Å². The van der Waals surface area contributed by atoms with E-state index in [1.165, 1.54) is 6.42 Å². The van der Waals surface area contributed by atoms with Gasteiger partial charge in [0.25, 0.3) is 0 Å². The van der Waals surface area contributed by atoms with Crippen LogP contribution in [-0.2, 0) is 0 Å². The number of piperidine rings is 1. The van der Waals surface area contributed by atoms with Crippen molar-refractivity contribution in [1.29, 1.82) is 0 Å². The molecule has 160 valence electrons. The van der Waals surface area contributed by atoms with Gasteiger partial charge in [0.2, 0.25) is 0 Å². The summed E-state index contributed by atoms with van der Waals surface area (Å²) in [4.78, 5) is 6.45. The van der Waals surface area contributed by atoms with Crippen LogP contribution in [0, 0.1) is 0 Å². The highest BCUT2D eigenvalue weighted by Crippen LogP contribution is 2.26. The Morgan fingerprint density at radius 2 is 1.79 bits per heavy atom. The minimum absolute atomic E-state index is 0. The molecule has 0 bridgehead atoms. The Bertz CT molecular complexity index is 590. The number of methoxy groups -OCH3 is 1. The van der Waals surface area contributed by atoms with Crippen LogP contribution in [0.5, 0.6) is 5.75 Å². The van der Waals surface area contributed by atoms with Gasteiger partial charge in [-0.15, -0.1) is 24.0 Å². The molecule has 28 heavy (non-hydrogen) atoms. The third-order valence-electron chi connectivity index (χ3n) is 4.72. The number of hydrogen-bond donors (Lipinski definition) is 2. The molecule has 1 aromatic carbocycles. The van der Waals surface area contributed by atoms with Crippen LogP contribution in [0.25, 0.3) is 0 Å². The molecule has 2 rings (SSSR count). The van der Waals surface area contributed by atoms with E-state index in [2.05, 4.69) is 20.5 Å². The van der Waals surface area contributed by atoms with Crippen LogP contribution in [0.1, 0.15) is 37.3 Å². The van der Waals surface area contributed by atoms with Gasteiger partial charge in [0.1, 0.15) is 5.75 Å². The van der Waals surface area contributed by atoms with E-state index in [9.17, 15) is 13.2 Å². The highest BCUT2D eigenvalue weighted by Gasteiger charge is 2.26. The van der Waals surface area contributed by atoms with Crippen molar-refractivity contribution in [2.75, 3.05) is 40.3 Å². The molecule has 0 amide bonds. The van der Waals surface area contributed by atoms with Gasteiger partial charge < -0.3 is 15.4 Å². The molecule has 0 spiro atoms. The maximum atomic E-state index is 12.3. The highest BCUT2D eigenvalue weighted by molar-refractivity contribution is 14.0. The van der Waals surface area contributed by atoms with E-state index in [0.29, 0.717) is 12.5 Å². The number of halogens is 4. The molecule has 1 heterocycles. The fraction of sp³-hybridized carbons (Fsp3) is 0.632. The number of likely N-dealkylation sites (tertiary alicyclic amines) is 1. The van der Waals surface area contributed by atoms with E-state index in [1.54, 1.807) is 14.2 Å². The first-order chi connectivity index (χ1) is 12.9. The molecule has 9 heteroatoms. The van der Waals surface area contributed by atoms with Crippen molar-refractivity contribution < 1.29 is 17.9 Å². The second kappa shape index (κ2) is 12.4. The first-order valence-corrected chi connectivity index (χ1v) is 9.32. The number of ether oxygens (including phenoxy) is 1. The zero-order valence-electron chi connectivity index (χ0n) is 16.4. The first-order valence-electron chi connectivity index (χ1n) is 9.32. The summed E-state index contributed by atoms with van der Waals surface area (Å²) in [6, 6.07) is 8.07. The summed E-state index contributed by atoms with van der Waals surface area (Å²) in [5.74, 6) is 1.18. The Balaban J connectivity index is 0.00000392. The summed E-state index contributed by atoms with van der Waals surface area (Å²) < 4.78 is 42.2. The SMILES string of the molecule is CN=C(NCCC(F)(F)F)NCC(c1ccc(OC)cc1)N1CCCCC1.I. The second-order valence-corrected chi connectivity index (χ2v) is 6.63. The maximum Gasteiger partial charge on any atom is 0.390 e. The van der Waals surface area contributed by atoms with Crippen LogP contribution in [0.15, 0.2) is 29.3 Å². The molecular formula is C19H30F3IN4O. The van der Waals surface area contributed by atoms with Gasteiger partial charge in [-0.3, -0.25) is 9.89 Å². The monoisotopic (exact) mass is 514 g/mol. The fourth-order valence-electron chi connectivity index (χ4n) is 3.25. The van der Waals surface area contributed by atoms with E-state index in [1.807, 2.05) is 24.3 Å². The van der Waals surface area contributed by atoms with Crippen molar-refractivity contribution in [2.45, 2.75) is 37.9 Å². The molecule has 1 aromatic rings. The Hall–Kier alpha value is -1.23. The van der Waals surface area contributed by atoms with Crippen molar-refractivity contribution in [1.82, 2.24) is 15.5 Å². The van der Waals surface area contributed by atoms with E-state index >= 15 is 0 Å². The molecule has 5 nitrogen and oxygen atoms in total. The zero-order chi connectivity index (χ0) is 19.7. The van der Waals surface area contributed by atoms with Crippen molar-refractivity contribution in [3.05, 3.63) is 29.8 Å². The number of aliphatic imine (C=N–C) groups is 1. The number of rotatable bonds is 7. The molecule has 0 saturated carbocycles. The van der Waals surface area contributed by atoms with E-state index < -0.39 is 12.6 Å². The lowest BCUT2D eigenvalue weighted by atomic mass is 10.0. The van der Waals surface area contributed by atoms with Gasteiger partial charge in [0.15, 0.2) is 5.96 Å². The maximum absolute atomic E-state index is 12.3. The third-order valence-corrected chi connectivity index (χ3v) is 4.72. The highest BCUT2D eigenvalue weighted by atomic mass is 127. The second-order valence-electron chi connectivity index (χ2n) is 6.63. The van der Waals surface area contributed by atoms with Gasteiger partial charge in [0, 0.05) is 20.1 Å². The summed E-state index contributed by atoms with van der Waals surface area (Å²) in [7, 11) is 3.20. The summed E-state index contributed by atoms with van der Waals surface area (Å²) >= 11 is 0. The quantitative estimate of drug-likeness (QED) is 0.329. The lowest BCUT2D eigenvalue weighted by Crippen LogP contribution is -2.45. The number of hydrogen-bond acceptors (Lipinski definition) is 3. The molecule has 1 aliphatic rings. The molecule has 1 unspecified atom stereocenters. The van der Waals surface area contributed by atoms with Gasteiger partial charge in [-0.2, -0.15) is 13.2 Å². The normalized spacial score (nSPS) is 16.8. The lowest BCUT2D eigenvalue weighted by molar-refractivity contribution is -0.132. The molecule has 1 atom stereocenters. The van der Waals surface area contributed by atoms with Crippen LogP contribution in [0.4, 0.5) is 13.2 Å². The summed E-state index contributed by atoms with van der Waals surface area (Å²) in [5.41, 5.74) is 1.15. The molecule has 2 N–H and O–H groups in total. The summed E-state index contributed by atoms with van der Waals surface area (Å²) in [6.07, 6.45) is -1.51. The number of alkyl halides is 3. The van der Waals surface area contributed by atoms with Crippen LogP contribution in [0.2, 0.25) is 0 Å². The Kier molecular flexibility index (Phi) is 10.9. The molecule has 0 aliphatic carbocycles. The first kappa shape index (κ1) is 24.8. The van der Waals surface area contributed by atoms with Crippen molar-refractivity contribution in [2.24, 2.45) is 4.99 Å². The Morgan fingerprint density at radius 3 is 2.32 bits per heavy atom. The number of benzene rings is 1. The lowest BCUT2D eigenvalue weighted by Gasteiger charge is -2.35. The van der Waals surface area contributed by atoms with Crippen LogP contribution in [-0.4, -0.2) is 57.4 Å². The van der Waals surface area contributed by atoms with Crippen molar-refractivity contribution in [3.8, 4) is 5.75 Å². The number of nitrogens with one attached hydrogen (secondary N) is 2. The molecule has 1 saturated heterocycles. The largest absolute Gasteiger partial charge is 0.497 e. The summed E-state index contributed by atoms with van der Waals surface area (Å²) in [5, 5.41) is 5.91. The third kappa shape index (κ3) is 8.42. The smallest absolute Gasteiger partial charge is 0.390 e. The number of nitrogens with zero attached hydrogens (tertiary/aromatic N) is 2. The standard InChI is InChI=1S/C19H29F3N4O.HI/c1-23-18(24-11-10-19(20,21)22)25-14-17(26-12-4-3-5-13-26)15-6-8-16(27-2)9-7-15;/h6-9,17H,3-5,10-14H2,1-2H3,(H2,23,24,25);1H. The molecular weight excluding hydrogens is 484 g/mol. The van der Waals surface area contributed by atoms with E-state index in [-0.39, 0.29) is 36.6 Å². The average molecular weight is 514 g/mol. The van der Waals surface area contributed by atoms with E-state index in [4.69, 9.17) is 4.74 Å². The molecule has 0 radical (unpaired) electrons. The fourth-order valence-corrected chi connectivity index (χ4v) is 3.25. The van der Waals surface area contributed by atoms with E-state index in [0.717, 1.165) is 37.2 Å². The van der Waals surface area contributed by atoms with Gasteiger partial charge in [-0.1, -0.05) is 18.6 Å². The van der Waals surface area contributed by atoms with Crippen molar-refractivity contribution in [3.63, 3.8) is 0 Å². The van der Waals surface area contributed by atoms with Crippen LogP contribution in [0.3, 0.4) is 0 Å². The Morgan fingerprint density at radius 1 is 1.14 bits per heavy atom. The molecule has 1 aliphatic heterocycles. The zero-order valence-corrected chi connectivity index (χ0v) is 18.7. The summed E-state index contributed by atoms with van der Waals surface area (Å²) in [6.45, 7) is 2.40. The minimum atomic E-state index is -4.18. The van der Waals surface area contributed by atoms with Gasteiger partial charge in [-0.05, 0) is 43.6 Å². The van der Waals surface area contributed by atoms with Gasteiger partial charge in [-0.25, -0.2) is 0 Å². The predicted octanol–water partition coefficient (Wildman–Crippen LogP) is 3.96. The molecule has 1 fully saturated rings. The number of guanidine groups is 1. The predicted molar refractivity (Wildman–Crippen MR) is 117 cm³/mol. The topological polar surface area (TPSA) is 48.9 Å². The van der Waals surface area contributed by atoms with Gasteiger partial charge >= 0.3 is 6.18 Å². The van der Waals surface area contributed by atoms with Crippen LogP contribution >= 0.6 is 24.0 Å². The van der Waals surface area contributed by atoms with Crippen molar-refractivity contribution >= 4 is 29.9 Å². The minimum Gasteiger partial charge on any atom is -0.497 e. The molecule has 0 aromatic heterocycles.